The smallest absolute Gasteiger partial charge is 0.744 e. The van der Waals surface area contributed by atoms with Gasteiger partial charge < -0.3 is 4.55 Å². The van der Waals surface area contributed by atoms with E-state index in [1.807, 2.05) is 0 Å². The molecule has 0 aliphatic heterocycles. The van der Waals surface area contributed by atoms with Crippen LogP contribution in [0.2, 0.25) is 0 Å². The zero-order chi connectivity index (χ0) is 11.5. The van der Waals surface area contributed by atoms with Crippen molar-refractivity contribution in [1.82, 2.24) is 5.01 Å². The second-order valence-corrected chi connectivity index (χ2v) is 4.36. The third-order valence-corrected chi connectivity index (χ3v) is 2.31. The summed E-state index contributed by atoms with van der Waals surface area (Å²) in [7, 11) is -0.967. The Bertz CT molecular complexity index is 456. The van der Waals surface area contributed by atoms with Crippen LogP contribution in [0.4, 0.5) is 5.69 Å². The summed E-state index contributed by atoms with van der Waals surface area (Å²) in [6, 6.07) is 5.23. The molecule has 0 fully saturated rings. The molecule has 0 N–H and O–H groups in total. The molecule has 1 rings (SSSR count). The molecule has 0 atom stereocenters. The maximum atomic E-state index is 10.6. The van der Waals surface area contributed by atoms with Gasteiger partial charge in [-0.2, -0.15) is 0 Å². The van der Waals surface area contributed by atoms with Gasteiger partial charge >= 0.3 is 29.6 Å². The van der Waals surface area contributed by atoms with E-state index >= 15 is 0 Å². The molecule has 1 aromatic rings. The van der Waals surface area contributed by atoms with Gasteiger partial charge in [0.05, 0.1) is 10.6 Å². The van der Waals surface area contributed by atoms with Gasteiger partial charge in [0.15, 0.2) is 0 Å². The Morgan fingerprint density at radius 2 is 1.69 bits per heavy atom. The summed E-state index contributed by atoms with van der Waals surface area (Å²) in [6.07, 6.45) is 0. The van der Waals surface area contributed by atoms with Crippen LogP contribution in [0.15, 0.2) is 39.5 Å². The number of hydrogen-bond acceptors (Lipinski definition) is 5. The first kappa shape index (κ1) is 15.5. The van der Waals surface area contributed by atoms with E-state index in [-0.39, 0.29) is 34.5 Å². The number of nitrogens with zero attached hydrogens (tertiary/aromatic N) is 3. The monoisotopic (exact) mass is 251 g/mol. The minimum Gasteiger partial charge on any atom is -0.744 e. The number of rotatable bonds is 3. The van der Waals surface area contributed by atoms with Crippen LogP contribution in [-0.2, 0) is 10.1 Å². The Morgan fingerprint density at radius 3 is 2.06 bits per heavy atom. The minimum absolute atomic E-state index is 0. The summed E-state index contributed by atoms with van der Waals surface area (Å²) >= 11 is 0. The van der Waals surface area contributed by atoms with Crippen molar-refractivity contribution in [3.63, 3.8) is 0 Å². The summed E-state index contributed by atoms with van der Waals surface area (Å²) < 4.78 is 31.8. The zero-order valence-electron chi connectivity index (χ0n) is 9.28. The summed E-state index contributed by atoms with van der Waals surface area (Å²) in [5.41, 5.74) is 0.483. The van der Waals surface area contributed by atoms with Crippen LogP contribution in [0.3, 0.4) is 0 Å². The molecular formula is C8H10N3NaO3S. The summed E-state index contributed by atoms with van der Waals surface area (Å²) in [4.78, 5) is -0.272. The molecule has 82 valence electrons. The molecule has 6 nitrogen and oxygen atoms in total. The minimum atomic E-state index is -4.38. The maximum absolute atomic E-state index is 10.6. The predicted molar refractivity (Wildman–Crippen MR) is 52.6 cm³/mol. The molecule has 0 heterocycles. The summed E-state index contributed by atoms with van der Waals surface area (Å²) in [6.45, 7) is 0. The van der Waals surface area contributed by atoms with Gasteiger partial charge in [-0.05, 0) is 24.3 Å². The van der Waals surface area contributed by atoms with E-state index in [4.69, 9.17) is 0 Å². The van der Waals surface area contributed by atoms with E-state index in [0.29, 0.717) is 5.69 Å². The largest absolute Gasteiger partial charge is 1.00 e. The van der Waals surface area contributed by atoms with Crippen molar-refractivity contribution in [2.24, 2.45) is 10.3 Å². The van der Waals surface area contributed by atoms with Crippen molar-refractivity contribution < 1.29 is 42.5 Å². The predicted octanol–water partition coefficient (Wildman–Crippen LogP) is -1.84. The number of hydrogen-bond donors (Lipinski definition) is 0. The Kier molecular flexibility index (Phi) is 6.13. The van der Waals surface area contributed by atoms with Crippen molar-refractivity contribution >= 4 is 15.8 Å². The molecule has 1 aromatic carbocycles. The Hall–Kier alpha value is -0.470. The van der Waals surface area contributed by atoms with E-state index in [1.165, 1.54) is 29.3 Å². The summed E-state index contributed by atoms with van der Waals surface area (Å²) in [5.74, 6) is 0. The Labute approximate surface area is 116 Å². The first-order valence-corrected chi connectivity index (χ1v) is 5.45. The first-order chi connectivity index (χ1) is 6.89. The second kappa shape index (κ2) is 6.31. The van der Waals surface area contributed by atoms with Crippen LogP contribution in [-0.4, -0.2) is 32.1 Å². The average Bonchev–Trinajstić information content (AvgIpc) is 2.14. The molecule has 0 radical (unpaired) electrons. The van der Waals surface area contributed by atoms with E-state index in [9.17, 15) is 13.0 Å². The SMILES string of the molecule is CN(C)N=Nc1ccc(S(=O)(=O)[O-])cc1.[Na+]. The van der Waals surface area contributed by atoms with Gasteiger partial charge in [0, 0.05) is 14.1 Å². The third-order valence-electron chi connectivity index (χ3n) is 1.46. The molecule has 0 aromatic heterocycles. The normalized spacial score (nSPS) is 11.2. The zero-order valence-corrected chi connectivity index (χ0v) is 12.1. The number of benzene rings is 1. The van der Waals surface area contributed by atoms with Crippen LogP contribution in [0.5, 0.6) is 0 Å². The summed E-state index contributed by atoms with van der Waals surface area (Å²) in [5, 5.41) is 9.00. The van der Waals surface area contributed by atoms with Gasteiger partial charge in [0.1, 0.15) is 10.1 Å². The first-order valence-electron chi connectivity index (χ1n) is 4.04. The van der Waals surface area contributed by atoms with E-state index < -0.39 is 10.1 Å². The fraction of sp³-hybridized carbons (Fsp3) is 0.250. The van der Waals surface area contributed by atoms with Crippen LogP contribution in [0.25, 0.3) is 0 Å². The molecule has 8 heteroatoms. The molecule has 0 saturated heterocycles. The van der Waals surface area contributed by atoms with Gasteiger partial charge in [0.25, 0.3) is 0 Å². The fourth-order valence-electron chi connectivity index (χ4n) is 0.821. The van der Waals surface area contributed by atoms with E-state index in [0.717, 1.165) is 0 Å². The van der Waals surface area contributed by atoms with Crippen LogP contribution < -0.4 is 29.6 Å². The molecular weight excluding hydrogens is 241 g/mol. The fourth-order valence-corrected chi connectivity index (χ4v) is 1.29. The van der Waals surface area contributed by atoms with Gasteiger partial charge in [0.2, 0.25) is 0 Å². The van der Waals surface area contributed by atoms with Crippen molar-refractivity contribution in [1.29, 1.82) is 0 Å². The Balaban J connectivity index is 0.00000225. The van der Waals surface area contributed by atoms with Crippen molar-refractivity contribution in [3.05, 3.63) is 24.3 Å². The quantitative estimate of drug-likeness (QED) is 0.273. The Morgan fingerprint density at radius 1 is 1.19 bits per heavy atom. The second-order valence-electron chi connectivity index (χ2n) is 2.98. The molecule has 0 amide bonds. The maximum Gasteiger partial charge on any atom is 1.00 e. The van der Waals surface area contributed by atoms with Crippen molar-refractivity contribution in [3.8, 4) is 0 Å². The standard InChI is InChI=1S/C8H11N3O3S.Na/c1-11(2)10-9-7-3-5-8(6-4-7)15(12,13)14;/h3-6H,1-2H3,(H,12,13,14);/q;+1/p-1. The van der Waals surface area contributed by atoms with Gasteiger partial charge in [-0.1, -0.05) is 5.22 Å². The molecule has 0 bridgehead atoms. The topological polar surface area (TPSA) is 85.2 Å². The molecule has 0 aliphatic rings. The molecule has 0 saturated carbocycles. The van der Waals surface area contributed by atoms with Crippen LogP contribution in [0, 0.1) is 0 Å². The van der Waals surface area contributed by atoms with E-state index in [1.54, 1.807) is 14.1 Å². The molecule has 0 unspecified atom stereocenters. The van der Waals surface area contributed by atoms with Gasteiger partial charge in [-0.15, -0.1) is 5.11 Å². The van der Waals surface area contributed by atoms with Crippen molar-refractivity contribution in [2.45, 2.75) is 4.90 Å². The van der Waals surface area contributed by atoms with Gasteiger partial charge in [-0.25, -0.2) is 8.42 Å². The van der Waals surface area contributed by atoms with Crippen LogP contribution in [0.1, 0.15) is 0 Å². The van der Waals surface area contributed by atoms with E-state index in [2.05, 4.69) is 10.3 Å². The third kappa shape index (κ3) is 5.04. The van der Waals surface area contributed by atoms with Crippen LogP contribution >= 0.6 is 0 Å². The molecule has 0 aliphatic carbocycles. The molecule has 16 heavy (non-hydrogen) atoms. The van der Waals surface area contributed by atoms with Gasteiger partial charge in [-0.3, -0.25) is 5.01 Å². The molecule has 0 spiro atoms. The average molecular weight is 251 g/mol. The van der Waals surface area contributed by atoms with Crippen molar-refractivity contribution in [2.75, 3.05) is 14.1 Å².